The highest BCUT2D eigenvalue weighted by atomic mass is 35.5. The molecule has 4 nitrogen and oxygen atoms in total. The monoisotopic (exact) mass is 236 g/mol. The van der Waals surface area contributed by atoms with Crippen molar-refractivity contribution in [2.75, 3.05) is 11.1 Å². The molecule has 0 amide bonds. The number of nitrogen functional groups attached to an aromatic ring is 1. The van der Waals surface area contributed by atoms with E-state index in [0.29, 0.717) is 11.5 Å². The summed E-state index contributed by atoms with van der Waals surface area (Å²) < 4.78 is 1.66. The van der Waals surface area contributed by atoms with Crippen molar-refractivity contribution < 1.29 is 0 Å². The summed E-state index contributed by atoms with van der Waals surface area (Å²) in [5.74, 6) is 0.646. The Hall–Kier alpha value is -1.68. The van der Waals surface area contributed by atoms with E-state index < -0.39 is 0 Å². The van der Waals surface area contributed by atoms with Gasteiger partial charge in [-0.2, -0.15) is 5.10 Å². The van der Waals surface area contributed by atoms with Crippen LogP contribution in [0.25, 0.3) is 0 Å². The van der Waals surface area contributed by atoms with Crippen molar-refractivity contribution in [2.45, 2.75) is 6.92 Å². The second-order valence-corrected chi connectivity index (χ2v) is 4.05. The predicted molar refractivity (Wildman–Crippen MR) is 67.1 cm³/mol. The average Bonchev–Trinajstić information content (AvgIpc) is 2.53. The Kier molecular flexibility index (Phi) is 2.75. The van der Waals surface area contributed by atoms with Crippen LogP contribution < -0.4 is 11.1 Å². The Bertz CT molecular complexity index is 519. The largest absolute Gasteiger partial charge is 0.394 e. The SMILES string of the molecule is Cc1c(Cl)cccc1Nc1nn(C)cc1N. The zero-order valence-electron chi connectivity index (χ0n) is 9.16. The van der Waals surface area contributed by atoms with E-state index in [1.807, 2.05) is 32.2 Å². The Morgan fingerprint density at radius 2 is 2.19 bits per heavy atom. The number of rotatable bonds is 2. The lowest BCUT2D eigenvalue weighted by atomic mass is 10.2. The normalized spacial score (nSPS) is 10.4. The molecule has 0 saturated heterocycles. The number of hydrogen-bond donors (Lipinski definition) is 2. The minimum atomic E-state index is 0.613. The van der Waals surface area contributed by atoms with E-state index in [-0.39, 0.29) is 0 Å². The first-order chi connectivity index (χ1) is 7.58. The number of halogens is 1. The van der Waals surface area contributed by atoms with E-state index in [2.05, 4.69) is 10.4 Å². The molecule has 2 rings (SSSR count). The van der Waals surface area contributed by atoms with Gasteiger partial charge in [-0.25, -0.2) is 0 Å². The molecule has 0 aliphatic rings. The van der Waals surface area contributed by atoms with Crippen LogP contribution >= 0.6 is 11.6 Å². The summed E-state index contributed by atoms with van der Waals surface area (Å²) in [6.07, 6.45) is 1.75. The summed E-state index contributed by atoms with van der Waals surface area (Å²) in [7, 11) is 1.83. The number of nitrogens with one attached hydrogen (secondary N) is 1. The van der Waals surface area contributed by atoms with Crippen molar-refractivity contribution >= 4 is 28.8 Å². The molecule has 0 unspecified atom stereocenters. The second kappa shape index (κ2) is 4.06. The molecule has 0 atom stereocenters. The van der Waals surface area contributed by atoms with Crippen molar-refractivity contribution in [2.24, 2.45) is 7.05 Å². The molecule has 0 saturated carbocycles. The van der Waals surface area contributed by atoms with Gasteiger partial charge in [0, 0.05) is 24.0 Å². The Morgan fingerprint density at radius 1 is 1.44 bits per heavy atom. The van der Waals surface area contributed by atoms with Gasteiger partial charge in [-0.15, -0.1) is 0 Å². The fourth-order valence-corrected chi connectivity index (χ4v) is 1.65. The van der Waals surface area contributed by atoms with Crippen molar-refractivity contribution in [3.05, 3.63) is 35.0 Å². The van der Waals surface area contributed by atoms with E-state index >= 15 is 0 Å². The van der Waals surface area contributed by atoms with Crippen molar-refractivity contribution in [1.29, 1.82) is 0 Å². The molecule has 5 heteroatoms. The molecule has 0 aliphatic carbocycles. The van der Waals surface area contributed by atoms with Crippen LogP contribution in [0.4, 0.5) is 17.2 Å². The van der Waals surface area contributed by atoms with E-state index in [1.54, 1.807) is 10.9 Å². The first-order valence-corrected chi connectivity index (χ1v) is 5.27. The molecule has 0 bridgehead atoms. The quantitative estimate of drug-likeness (QED) is 0.843. The van der Waals surface area contributed by atoms with Crippen molar-refractivity contribution in [1.82, 2.24) is 9.78 Å². The van der Waals surface area contributed by atoms with E-state index in [9.17, 15) is 0 Å². The first kappa shape index (κ1) is 10.8. The summed E-state index contributed by atoms with van der Waals surface area (Å²) in [5, 5.41) is 8.10. The maximum Gasteiger partial charge on any atom is 0.175 e. The molecule has 0 aliphatic heterocycles. The minimum Gasteiger partial charge on any atom is -0.394 e. The summed E-state index contributed by atoms with van der Waals surface area (Å²) in [5.41, 5.74) is 8.31. The van der Waals surface area contributed by atoms with Crippen LogP contribution in [0.1, 0.15) is 5.56 Å². The number of aryl methyl sites for hydroxylation is 1. The molecular formula is C11H13ClN4. The van der Waals surface area contributed by atoms with E-state index in [0.717, 1.165) is 16.3 Å². The van der Waals surface area contributed by atoms with Crippen LogP contribution in [0.2, 0.25) is 5.02 Å². The van der Waals surface area contributed by atoms with Gasteiger partial charge in [0.25, 0.3) is 0 Å². The van der Waals surface area contributed by atoms with Gasteiger partial charge in [-0.3, -0.25) is 4.68 Å². The number of aromatic nitrogens is 2. The highest BCUT2D eigenvalue weighted by molar-refractivity contribution is 6.31. The highest BCUT2D eigenvalue weighted by Crippen LogP contribution is 2.27. The fraction of sp³-hybridized carbons (Fsp3) is 0.182. The summed E-state index contributed by atoms with van der Waals surface area (Å²) in [6.45, 7) is 1.95. The molecule has 1 heterocycles. The Labute approximate surface area is 99.0 Å². The zero-order valence-corrected chi connectivity index (χ0v) is 9.92. The van der Waals surface area contributed by atoms with E-state index in [1.165, 1.54) is 0 Å². The van der Waals surface area contributed by atoms with Gasteiger partial charge in [-0.05, 0) is 24.6 Å². The summed E-state index contributed by atoms with van der Waals surface area (Å²) >= 11 is 6.03. The second-order valence-electron chi connectivity index (χ2n) is 3.64. The Balaban J connectivity index is 2.34. The maximum absolute atomic E-state index is 6.03. The van der Waals surface area contributed by atoms with Gasteiger partial charge in [0.2, 0.25) is 0 Å². The van der Waals surface area contributed by atoms with Crippen LogP contribution in [0.3, 0.4) is 0 Å². The van der Waals surface area contributed by atoms with Gasteiger partial charge < -0.3 is 11.1 Å². The fourth-order valence-electron chi connectivity index (χ4n) is 1.47. The molecule has 1 aromatic carbocycles. The standard InChI is InChI=1S/C11H13ClN4/c1-7-8(12)4-3-5-10(7)14-11-9(13)6-16(2)15-11/h3-6H,13H2,1-2H3,(H,14,15). The van der Waals surface area contributed by atoms with Gasteiger partial charge in [0.05, 0.1) is 5.69 Å². The van der Waals surface area contributed by atoms with Crippen molar-refractivity contribution in [3.8, 4) is 0 Å². The number of nitrogens with zero attached hydrogens (tertiary/aromatic N) is 2. The molecule has 2 aromatic rings. The molecular weight excluding hydrogens is 224 g/mol. The molecule has 0 radical (unpaired) electrons. The summed E-state index contributed by atoms with van der Waals surface area (Å²) in [6, 6.07) is 5.68. The predicted octanol–water partition coefficient (Wildman–Crippen LogP) is 2.71. The van der Waals surface area contributed by atoms with Crippen LogP contribution in [0.5, 0.6) is 0 Å². The molecule has 3 N–H and O–H groups in total. The van der Waals surface area contributed by atoms with Crippen molar-refractivity contribution in [3.63, 3.8) is 0 Å². The third-order valence-corrected chi connectivity index (χ3v) is 2.79. The van der Waals surface area contributed by atoms with Crippen LogP contribution in [-0.4, -0.2) is 9.78 Å². The Morgan fingerprint density at radius 3 is 2.81 bits per heavy atom. The van der Waals surface area contributed by atoms with Gasteiger partial charge in [0.15, 0.2) is 5.82 Å². The molecule has 1 aromatic heterocycles. The van der Waals surface area contributed by atoms with Gasteiger partial charge in [0.1, 0.15) is 0 Å². The minimum absolute atomic E-state index is 0.613. The van der Waals surface area contributed by atoms with Crippen LogP contribution in [-0.2, 0) is 7.05 Å². The van der Waals surface area contributed by atoms with Crippen LogP contribution in [0.15, 0.2) is 24.4 Å². The molecule has 16 heavy (non-hydrogen) atoms. The molecule has 84 valence electrons. The summed E-state index contributed by atoms with van der Waals surface area (Å²) in [4.78, 5) is 0. The number of hydrogen-bond acceptors (Lipinski definition) is 3. The van der Waals surface area contributed by atoms with Crippen LogP contribution in [0, 0.1) is 6.92 Å². The lowest BCUT2D eigenvalue weighted by molar-refractivity contribution is 0.771. The lowest BCUT2D eigenvalue weighted by Crippen LogP contribution is -1.97. The third-order valence-electron chi connectivity index (χ3n) is 2.38. The van der Waals surface area contributed by atoms with Gasteiger partial charge in [-0.1, -0.05) is 17.7 Å². The number of nitrogens with two attached hydrogens (primary N) is 1. The number of anilines is 3. The topological polar surface area (TPSA) is 55.9 Å². The molecule has 0 spiro atoms. The zero-order chi connectivity index (χ0) is 11.7. The average molecular weight is 237 g/mol. The molecule has 0 fully saturated rings. The lowest BCUT2D eigenvalue weighted by Gasteiger charge is -2.08. The van der Waals surface area contributed by atoms with E-state index in [4.69, 9.17) is 17.3 Å². The number of benzene rings is 1. The first-order valence-electron chi connectivity index (χ1n) is 4.89. The smallest absolute Gasteiger partial charge is 0.175 e. The van der Waals surface area contributed by atoms with Gasteiger partial charge >= 0.3 is 0 Å². The maximum atomic E-state index is 6.03. The third kappa shape index (κ3) is 1.97. The highest BCUT2D eigenvalue weighted by Gasteiger charge is 2.07.